The molecule has 1 aliphatic heterocycles. The van der Waals surface area contributed by atoms with Gasteiger partial charge in [-0.15, -0.1) is 0 Å². The Morgan fingerprint density at radius 3 is 2.27 bits per heavy atom. The van der Waals surface area contributed by atoms with Crippen LogP contribution in [0.4, 0.5) is 0 Å². The molecular formula is C21H21ClN2O2. The fourth-order valence-electron chi connectivity index (χ4n) is 3.41. The van der Waals surface area contributed by atoms with Gasteiger partial charge in [0.15, 0.2) is 5.43 Å². The second-order valence-corrected chi connectivity index (χ2v) is 7.19. The van der Waals surface area contributed by atoms with Crippen molar-refractivity contribution in [2.75, 3.05) is 26.2 Å². The molecule has 0 amide bonds. The summed E-state index contributed by atoms with van der Waals surface area (Å²) < 4.78 is 5.91. The Kier molecular flexibility index (Phi) is 5.07. The van der Waals surface area contributed by atoms with Gasteiger partial charge in [0, 0.05) is 43.8 Å². The van der Waals surface area contributed by atoms with E-state index in [0.29, 0.717) is 17.5 Å². The van der Waals surface area contributed by atoms with Crippen molar-refractivity contribution in [1.29, 1.82) is 0 Å². The molecule has 26 heavy (non-hydrogen) atoms. The second kappa shape index (κ2) is 7.62. The monoisotopic (exact) mass is 368 g/mol. The fourth-order valence-corrected chi connectivity index (χ4v) is 3.53. The van der Waals surface area contributed by atoms with Crippen molar-refractivity contribution in [1.82, 2.24) is 9.80 Å². The van der Waals surface area contributed by atoms with Crippen LogP contribution in [0.3, 0.4) is 0 Å². The van der Waals surface area contributed by atoms with Crippen LogP contribution in [0.1, 0.15) is 11.3 Å². The van der Waals surface area contributed by atoms with E-state index in [9.17, 15) is 4.79 Å². The third kappa shape index (κ3) is 3.98. The predicted octanol–water partition coefficient (Wildman–Crippen LogP) is 3.76. The van der Waals surface area contributed by atoms with Gasteiger partial charge in [0.05, 0.1) is 11.9 Å². The van der Waals surface area contributed by atoms with E-state index < -0.39 is 0 Å². The number of halogens is 1. The summed E-state index contributed by atoms with van der Waals surface area (Å²) in [6, 6.07) is 17.1. The highest BCUT2D eigenvalue weighted by molar-refractivity contribution is 6.30. The molecular weight excluding hydrogens is 348 g/mol. The molecule has 0 unspecified atom stereocenters. The molecule has 0 saturated carbocycles. The van der Waals surface area contributed by atoms with E-state index in [1.165, 1.54) is 5.56 Å². The molecule has 4 rings (SSSR count). The average molecular weight is 369 g/mol. The summed E-state index contributed by atoms with van der Waals surface area (Å²) in [7, 11) is 0. The normalized spacial score (nSPS) is 16.2. The first-order valence-electron chi connectivity index (χ1n) is 8.88. The lowest BCUT2D eigenvalue weighted by atomic mass is 10.2. The number of hydrogen-bond donors (Lipinski definition) is 0. The number of para-hydroxylation sites is 1. The number of hydrogen-bond acceptors (Lipinski definition) is 4. The molecule has 5 heteroatoms. The summed E-state index contributed by atoms with van der Waals surface area (Å²) >= 11 is 5.95. The van der Waals surface area contributed by atoms with E-state index >= 15 is 0 Å². The maximum atomic E-state index is 12.2. The third-order valence-corrected chi connectivity index (χ3v) is 5.10. The van der Waals surface area contributed by atoms with Crippen LogP contribution in [-0.4, -0.2) is 36.0 Å². The van der Waals surface area contributed by atoms with E-state index in [0.717, 1.165) is 43.5 Å². The van der Waals surface area contributed by atoms with Gasteiger partial charge in [-0.2, -0.15) is 0 Å². The minimum atomic E-state index is 0.0308. The molecule has 1 aromatic heterocycles. The minimum Gasteiger partial charge on any atom is -0.459 e. The molecule has 1 aliphatic rings. The van der Waals surface area contributed by atoms with Crippen LogP contribution in [0.25, 0.3) is 11.0 Å². The van der Waals surface area contributed by atoms with Gasteiger partial charge in [-0.05, 0) is 29.8 Å². The number of benzene rings is 2. The second-order valence-electron chi connectivity index (χ2n) is 6.75. The summed E-state index contributed by atoms with van der Waals surface area (Å²) in [5.41, 5.74) is 1.97. The van der Waals surface area contributed by atoms with E-state index in [1.54, 1.807) is 12.1 Å². The predicted molar refractivity (Wildman–Crippen MR) is 104 cm³/mol. The number of rotatable bonds is 4. The Labute approximate surface area is 157 Å². The first kappa shape index (κ1) is 17.3. The summed E-state index contributed by atoms with van der Waals surface area (Å²) in [5.74, 6) is 0.736. The van der Waals surface area contributed by atoms with Crippen LogP contribution in [0.2, 0.25) is 5.02 Å². The van der Waals surface area contributed by atoms with E-state index in [2.05, 4.69) is 21.9 Å². The summed E-state index contributed by atoms with van der Waals surface area (Å²) in [6.45, 7) is 5.54. The summed E-state index contributed by atoms with van der Waals surface area (Å²) in [4.78, 5) is 17.0. The van der Waals surface area contributed by atoms with Crippen molar-refractivity contribution in [3.05, 3.63) is 81.2 Å². The van der Waals surface area contributed by atoms with E-state index in [4.69, 9.17) is 16.0 Å². The SMILES string of the molecule is O=c1cc(CN2CCN(Cc3ccc(Cl)cc3)CC2)oc2ccccc12. The first-order valence-corrected chi connectivity index (χ1v) is 9.26. The van der Waals surface area contributed by atoms with Crippen LogP contribution in [0, 0.1) is 0 Å². The Bertz CT molecular complexity index is 944. The van der Waals surface area contributed by atoms with Crippen molar-refractivity contribution in [2.45, 2.75) is 13.1 Å². The minimum absolute atomic E-state index is 0.0308. The van der Waals surface area contributed by atoms with Crippen LogP contribution in [0.5, 0.6) is 0 Å². The van der Waals surface area contributed by atoms with Gasteiger partial charge in [-0.3, -0.25) is 14.6 Å². The third-order valence-electron chi connectivity index (χ3n) is 4.85. The van der Waals surface area contributed by atoms with E-state index in [-0.39, 0.29) is 5.43 Å². The smallest absolute Gasteiger partial charge is 0.192 e. The highest BCUT2D eigenvalue weighted by atomic mass is 35.5. The molecule has 2 heterocycles. The fraction of sp³-hybridized carbons (Fsp3) is 0.286. The molecule has 1 saturated heterocycles. The zero-order valence-electron chi connectivity index (χ0n) is 14.5. The van der Waals surface area contributed by atoms with Gasteiger partial charge in [0.2, 0.25) is 0 Å². The largest absolute Gasteiger partial charge is 0.459 e. The molecule has 0 bridgehead atoms. The lowest BCUT2D eigenvalue weighted by Gasteiger charge is -2.34. The Balaban J connectivity index is 1.36. The molecule has 2 aromatic carbocycles. The van der Waals surface area contributed by atoms with Crippen molar-refractivity contribution in [2.24, 2.45) is 0 Å². The van der Waals surface area contributed by atoms with Gasteiger partial charge in [-0.1, -0.05) is 35.9 Å². The van der Waals surface area contributed by atoms with Crippen molar-refractivity contribution < 1.29 is 4.42 Å². The number of piperazine rings is 1. The Hall–Kier alpha value is -2.14. The van der Waals surface area contributed by atoms with Crippen LogP contribution in [-0.2, 0) is 13.1 Å². The maximum absolute atomic E-state index is 12.2. The standard InChI is InChI=1S/C21H21ClN2O2/c22-17-7-5-16(6-8-17)14-23-9-11-24(12-10-23)15-18-13-20(25)19-3-1-2-4-21(19)26-18/h1-8,13H,9-12,14-15H2. The Morgan fingerprint density at radius 2 is 1.54 bits per heavy atom. The molecule has 0 spiro atoms. The number of nitrogens with zero attached hydrogens (tertiary/aromatic N) is 2. The van der Waals surface area contributed by atoms with Crippen molar-refractivity contribution in [3.8, 4) is 0 Å². The summed E-state index contributed by atoms with van der Waals surface area (Å²) in [5, 5.41) is 1.42. The van der Waals surface area contributed by atoms with Gasteiger partial charge in [0.1, 0.15) is 11.3 Å². The Morgan fingerprint density at radius 1 is 0.885 bits per heavy atom. The molecule has 3 aromatic rings. The highest BCUT2D eigenvalue weighted by Gasteiger charge is 2.18. The zero-order valence-corrected chi connectivity index (χ0v) is 15.3. The molecule has 0 aliphatic carbocycles. The molecule has 4 nitrogen and oxygen atoms in total. The maximum Gasteiger partial charge on any atom is 0.192 e. The molecule has 0 radical (unpaired) electrons. The van der Waals surface area contributed by atoms with E-state index in [1.807, 2.05) is 30.3 Å². The van der Waals surface area contributed by atoms with Crippen molar-refractivity contribution >= 4 is 22.6 Å². The van der Waals surface area contributed by atoms with Crippen LogP contribution >= 0.6 is 11.6 Å². The lowest BCUT2D eigenvalue weighted by Crippen LogP contribution is -2.45. The summed E-state index contributed by atoms with van der Waals surface area (Å²) in [6.07, 6.45) is 0. The van der Waals surface area contributed by atoms with Gasteiger partial charge >= 0.3 is 0 Å². The zero-order chi connectivity index (χ0) is 17.9. The van der Waals surface area contributed by atoms with Crippen LogP contribution < -0.4 is 5.43 Å². The van der Waals surface area contributed by atoms with Gasteiger partial charge in [-0.25, -0.2) is 0 Å². The van der Waals surface area contributed by atoms with Gasteiger partial charge in [0.25, 0.3) is 0 Å². The first-order chi connectivity index (χ1) is 12.7. The molecule has 134 valence electrons. The van der Waals surface area contributed by atoms with Gasteiger partial charge < -0.3 is 4.42 Å². The topological polar surface area (TPSA) is 36.7 Å². The average Bonchev–Trinajstić information content (AvgIpc) is 2.65. The highest BCUT2D eigenvalue weighted by Crippen LogP contribution is 2.16. The molecule has 0 N–H and O–H groups in total. The van der Waals surface area contributed by atoms with Crippen molar-refractivity contribution in [3.63, 3.8) is 0 Å². The molecule has 0 atom stereocenters. The quantitative estimate of drug-likeness (QED) is 0.702. The lowest BCUT2D eigenvalue weighted by molar-refractivity contribution is 0.116. The van der Waals surface area contributed by atoms with Crippen LogP contribution in [0.15, 0.2) is 63.8 Å². The number of fused-ring (bicyclic) bond motifs is 1. The molecule has 1 fully saturated rings.